The summed E-state index contributed by atoms with van der Waals surface area (Å²) in [5.74, 6) is -0.0441. The van der Waals surface area contributed by atoms with Crippen molar-refractivity contribution in [3.63, 3.8) is 0 Å². The van der Waals surface area contributed by atoms with Gasteiger partial charge < -0.3 is 10.2 Å². The Morgan fingerprint density at radius 2 is 1.61 bits per heavy atom. The molecule has 0 aromatic heterocycles. The van der Waals surface area contributed by atoms with Crippen LogP contribution in [0.5, 0.6) is 0 Å². The zero-order valence-corrected chi connectivity index (χ0v) is 19.8. The summed E-state index contributed by atoms with van der Waals surface area (Å²) in [5.41, 5.74) is 4.65. The van der Waals surface area contributed by atoms with Crippen molar-refractivity contribution < 1.29 is 9.59 Å². The molecule has 0 bridgehead atoms. The van der Waals surface area contributed by atoms with Gasteiger partial charge in [0.05, 0.1) is 0 Å². The smallest absolute Gasteiger partial charge is 0.243 e. The van der Waals surface area contributed by atoms with E-state index < -0.39 is 6.04 Å². The lowest BCUT2D eigenvalue weighted by molar-refractivity contribution is -0.141. The highest BCUT2D eigenvalue weighted by Crippen LogP contribution is 2.17. The Hall–Kier alpha value is -2.62. The standard InChI is InChI=1S/C27H38N2O2/c1-6-21(5)28-27(31)25(8-3)29(19-24-11-9-10-20(4)18-24)26(30)17-16-23-14-12-22(7-2)13-15-23/h9-15,18,21,25H,6-8,16-17,19H2,1-5H3,(H,28,31). The van der Waals surface area contributed by atoms with Crippen LogP contribution < -0.4 is 5.32 Å². The molecular weight excluding hydrogens is 384 g/mol. The number of hydrogen-bond acceptors (Lipinski definition) is 2. The summed E-state index contributed by atoms with van der Waals surface area (Å²) in [7, 11) is 0. The molecule has 0 aliphatic heterocycles. The third-order valence-electron chi connectivity index (χ3n) is 5.88. The van der Waals surface area contributed by atoms with Crippen LogP contribution in [0.25, 0.3) is 0 Å². The molecule has 0 aliphatic carbocycles. The number of aryl methyl sites for hydroxylation is 3. The zero-order chi connectivity index (χ0) is 22.8. The van der Waals surface area contributed by atoms with Crippen LogP contribution in [0.4, 0.5) is 0 Å². The molecule has 168 valence electrons. The van der Waals surface area contributed by atoms with E-state index in [0.29, 0.717) is 25.8 Å². The molecule has 0 saturated heterocycles. The summed E-state index contributed by atoms with van der Waals surface area (Å²) < 4.78 is 0. The van der Waals surface area contributed by atoms with Gasteiger partial charge in [-0.3, -0.25) is 9.59 Å². The van der Waals surface area contributed by atoms with Crippen LogP contribution in [0, 0.1) is 6.92 Å². The second-order valence-corrected chi connectivity index (χ2v) is 8.42. The number of nitrogens with zero attached hydrogens (tertiary/aromatic N) is 1. The monoisotopic (exact) mass is 422 g/mol. The van der Waals surface area contributed by atoms with Crippen LogP contribution in [-0.4, -0.2) is 28.8 Å². The number of rotatable bonds is 11. The number of benzene rings is 2. The Labute approximate surface area is 188 Å². The van der Waals surface area contributed by atoms with E-state index in [9.17, 15) is 9.59 Å². The molecule has 4 heteroatoms. The lowest BCUT2D eigenvalue weighted by Gasteiger charge is -2.31. The van der Waals surface area contributed by atoms with Gasteiger partial charge in [0, 0.05) is 19.0 Å². The first-order valence-corrected chi connectivity index (χ1v) is 11.6. The van der Waals surface area contributed by atoms with Crippen LogP contribution in [-0.2, 0) is 29.0 Å². The fourth-order valence-corrected chi connectivity index (χ4v) is 3.70. The number of hydrogen-bond donors (Lipinski definition) is 1. The Bertz CT molecular complexity index is 845. The van der Waals surface area contributed by atoms with Gasteiger partial charge in [-0.2, -0.15) is 0 Å². The molecule has 2 atom stereocenters. The van der Waals surface area contributed by atoms with Crippen molar-refractivity contribution in [1.82, 2.24) is 10.2 Å². The average molecular weight is 423 g/mol. The highest BCUT2D eigenvalue weighted by molar-refractivity contribution is 5.87. The van der Waals surface area contributed by atoms with Gasteiger partial charge in [0.1, 0.15) is 6.04 Å². The minimum atomic E-state index is -0.468. The van der Waals surface area contributed by atoms with Gasteiger partial charge in [-0.1, -0.05) is 74.9 Å². The fraction of sp³-hybridized carbons (Fsp3) is 0.481. The molecule has 0 aliphatic rings. The Kier molecular flexibility index (Phi) is 9.77. The van der Waals surface area contributed by atoms with Gasteiger partial charge in [0.15, 0.2) is 0 Å². The molecule has 0 saturated carbocycles. The molecule has 31 heavy (non-hydrogen) atoms. The van der Waals surface area contributed by atoms with Crippen molar-refractivity contribution >= 4 is 11.8 Å². The summed E-state index contributed by atoms with van der Waals surface area (Å²) in [6, 6.07) is 16.2. The van der Waals surface area contributed by atoms with Crippen molar-refractivity contribution in [3.8, 4) is 0 Å². The van der Waals surface area contributed by atoms with Crippen LogP contribution in [0.1, 0.15) is 69.2 Å². The minimum absolute atomic E-state index is 0.0206. The molecule has 0 heterocycles. The molecule has 0 spiro atoms. The SMILES string of the molecule is CCc1ccc(CCC(=O)N(Cc2cccc(C)c2)C(CC)C(=O)NC(C)CC)cc1. The van der Waals surface area contributed by atoms with Crippen molar-refractivity contribution in [3.05, 3.63) is 70.8 Å². The molecular formula is C27H38N2O2. The molecule has 0 radical (unpaired) electrons. The summed E-state index contributed by atoms with van der Waals surface area (Å²) in [5, 5.41) is 3.07. The molecule has 2 unspecified atom stereocenters. The van der Waals surface area contributed by atoms with Gasteiger partial charge in [-0.05, 0) is 56.2 Å². The fourth-order valence-electron chi connectivity index (χ4n) is 3.70. The van der Waals surface area contributed by atoms with Crippen LogP contribution in [0.15, 0.2) is 48.5 Å². The van der Waals surface area contributed by atoms with Crippen molar-refractivity contribution in [2.45, 2.75) is 85.4 Å². The van der Waals surface area contributed by atoms with E-state index in [-0.39, 0.29) is 17.9 Å². The minimum Gasteiger partial charge on any atom is -0.352 e. The summed E-state index contributed by atoms with van der Waals surface area (Å²) in [6.45, 7) is 10.6. The maximum absolute atomic E-state index is 13.3. The lowest BCUT2D eigenvalue weighted by atomic mass is 10.0. The first-order valence-electron chi connectivity index (χ1n) is 11.6. The van der Waals surface area contributed by atoms with Crippen molar-refractivity contribution in [2.24, 2.45) is 0 Å². The average Bonchev–Trinajstić information content (AvgIpc) is 2.77. The van der Waals surface area contributed by atoms with Crippen LogP contribution in [0.2, 0.25) is 0 Å². The zero-order valence-electron chi connectivity index (χ0n) is 19.8. The highest BCUT2D eigenvalue weighted by atomic mass is 16.2. The number of amides is 2. The molecule has 2 aromatic carbocycles. The van der Waals surface area contributed by atoms with Crippen molar-refractivity contribution in [2.75, 3.05) is 0 Å². The van der Waals surface area contributed by atoms with E-state index in [0.717, 1.165) is 29.5 Å². The molecule has 0 fully saturated rings. The Morgan fingerprint density at radius 1 is 0.935 bits per heavy atom. The first-order chi connectivity index (χ1) is 14.9. The molecule has 2 amide bonds. The molecule has 4 nitrogen and oxygen atoms in total. The second kappa shape index (κ2) is 12.3. The third kappa shape index (κ3) is 7.54. The number of nitrogens with one attached hydrogen (secondary N) is 1. The third-order valence-corrected chi connectivity index (χ3v) is 5.88. The first kappa shape index (κ1) is 24.6. The molecule has 2 rings (SSSR count). The van der Waals surface area contributed by atoms with Gasteiger partial charge in [0.2, 0.25) is 11.8 Å². The summed E-state index contributed by atoms with van der Waals surface area (Å²) in [6.07, 6.45) is 3.53. The number of carbonyl (C=O) groups is 2. The normalized spacial score (nSPS) is 12.8. The predicted molar refractivity (Wildman–Crippen MR) is 128 cm³/mol. The van der Waals surface area contributed by atoms with Gasteiger partial charge in [-0.25, -0.2) is 0 Å². The van der Waals surface area contributed by atoms with Crippen molar-refractivity contribution in [1.29, 1.82) is 0 Å². The van der Waals surface area contributed by atoms with Gasteiger partial charge in [0.25, 0.3) is 0 Å². The van der Waals surface area contributed by atoms with E-state index in [2.05, 4.69) is 42.6 Å². The van der Waals surface area contributed by atoms with Crippen LogP contribution in [0.3, 0.4) is 0 Å². The van der Waals surface area contributed by atoms with Gasteiger partial charge in [-0.15, -0.1) is 0 Å². The van der Waals surface area contributed by atoms with E-state index in [1.807, 2.05) is 45.9 Å². The maximum atomic E-state index is 13.3. The van der Waals surface area contributed by atoms with E-state index in [1.54, 1.807) is 4.90 Å². The van der Waals surface area contributed by atoms with E-state index in [4.69, 9.17) is 0 Å². The van der Waals surface area contributed by atoms with E-state index >= 15 is 0 Å². The number of carbonyl (C=O) groups excluding carboxylic acids is 2. The van der Waals surface area contributed by atoms with E-state index in [1.165, 1.54) is 5.56 Å². The maximum Gasteiger partial charge on any atom is 0.243 e. The Balaban J connectivity index is 2.19. The highest BCUT2D eigenvalue weighted by Gasteiger charge is 2.29. The summed E-state index contributed by atoms with van der Waals surface area (Å²) >= 11 is 0. The summed E-state index contributed by atoms with van der Waals surface area (Å²) in [4.78, 5) is 28.1. The lowest BCUT2D eigenvalue weighted by Crippen LogP contribution is -2.50. The van der Waals surface area contributed by atoms with Gasteiger partial charge >= 0.3 is 0 Å². The largest absolute Gasteiger partial charge is 0.352 e. The topological polar surface area (TPSA) is 49.4 Å². The Morgan fingerprint density at radius 3 is 2.19 bits per heavy atom. The predicted octanol–water partition coefficient (Wildman–Crippen LogP) is 5.21. The quantitative estimate of drug-likeness (QED) is 0.540. The van der Waals surface area contributed by atoms with Crippen LogP contribution >= 0.6 is 0 Å². The second-order valence-electron chi connectivity index (χ2n) is 8.42. The molecule has 1 N–H and O–H groups in total. The molecule has 2 aromatic rings.